The van der Waals surface area contributed by atoms with Crippen LogP contribution in [0.5, 0.6) is 5.75 Å². The summed E-state index contributed by atoms with van der Waals surface area (Å²) >= 11 is 0. The van der Waals surface area contributed by atoms with E-state index in [1.54, 1.807) is 62.6 Å². The number of carbonyl (C=O) groups is 2. The van der Waals surface area contributed by atoms with Crippen LogP contribution in [0.4, 0.5) is 5.69 Å². The second kappa shape index (κ2) is 14.6. The minimum atomic E-state index is -4.11. The maximum absolute atomic E-state index is 14.2. The van der Waals surface area contributed by atoms with Crippen molar-refractivity contribution in [2.75, 3.05) is 18.0 Å². The lowest BCUT2D eigenvalue weighted by atomic mass is 9.95. The van der Waals surface area contributed by atoms with Crippen molar-refractivity contribution in [3.8, 4) is 5.75 Å². The van der Waals surface area contributed by atoms with Crippen LogP contribution in [0.2, 0.25) is 0 Å². The molecule has 4 rings (SSSR count). The highest BCUT2D eigenvalue weighted by atomic mass is 32.2. The Kier molecular flexibility index (Phi) is 10.9. The molecule has 0 heterocycles. The van der Waals surface area contributed by atoms with Crippen molar-refractivity contribution >= 4 is 27.5 Å². The Balaban J connectivity index is 1.70. The molecule has 1 saturated carbocycles. The number of carbonyl (C=O) groups excluding carboxylic acids is 2. The van der Waals surface area contributed by atoms with Crippen LogP contribution in [0.3, 0.4) is 0 Å². The lowest BCUT2D eigenvalue weighted by molar-refractivity contribution is -0.139. The van der Waals surface area contributed by atoms with E-state index >= 15 is 0 Å². The molecule has 1 aliphatic carbocycles. The van der Waals surface area contributed by atoms with Gasteiger partial charge in [0.1, 0.15) is 18.3 Å². The number of nitrogens with one attached hydrogen (secondary N) is 1. The van der Waals surface area contributed by atoms with Gasteiger partial charge in [-0.25, -0.2) is 8.42 Å². The third-order valence-corrected chi connectivity index (χ3v) is 9.93. The topological polar surface area (TPSA) is 96.0 Å². The van der Waals surface area contributed by atoms with Gasteiger partial charge in [-0.3, -0.25) is 13.9 Å². The Bertz CT molecular complexity index is 1480. The van der Waals surface area contributed by atoms with E-state index in [-0.39, 0.29) is 23.4 Å². The van der Waals surface area contributed by atoms with Crippen molar-refractivity contribution in [1.29, 1.82) is 0 Å². The Morgan fingerprint density at radius 1 is 0.953 bits per heavy atom. The number of aryl methyl sites for hydroxylation is 2. The van der Waals surface area contributed by atoms with E-state index in [2.05, 4.69) is 5.32 Å². The van der Waals surface area contributed by atoms with Crippen LogP contribution in [0.1, 0.15) is 62.6 Å². The zero-order chi connectivity index (χ0) is 31.0. The summed E-state index contributed by atoms with van der Waals surface area (Å²) in [7, 11) is -2.53. The molecule has 0 saturated heterocycles. The van der Waals surface area contributed by atoms with Gasteiger partial charge in [0.05, 0.1) is 17.7 Å². The number of nitrogens with zero attached hydrogens (tertiary/aromatic N) is 2. The first-order valence-electron chi connectivity index (χ1n) is 15.0. The number of sulfonamides is 1. The second-order valence-corrected chi connectivity index (χ2v) is 13.1. The number of hydrogen-bond donors (Lipinski definition) is 1. The molecule has 0 aromatic heterocycles. The van der Waals surface area contributed by atoms with Gasteiger partial charge in [0.2, 0.25) is 11.8 Å². The molecule has 0 spiro atoms. The number of ether oxygens (including phenoxy) is 1. The first kappa shape index (κ1) is 32.1. The Morgan fingerprint density at radius 2 is 1.60 bits per heavy atom. The van der Waals surface area contributed by atoms with Crippen molar-refractivity contribution < 1.29 is 22.7 Å². The predicted molar refractivity (Wildman–Crippen MR) is 170 cm³/mol. The normalized spacial score (nSPS) is 14.5. The maximum Gasteiger partial charge on any atom is 0.264 e. The third-order valence-electron chi connectivity index (χ3n) is 8.16. The van der Waals surface area contributed by atoms with Crippen molar-refractivity contribution in [3.63, 3.8) is 0 Å². The zero-order valence-corrected chi connectivity index (χ0v) is 26.4. The standard InChI is InChI=1S/C34H43N3O5S/c1-5-28-11-9-10-14-32(28)37(43(40,41)31-21-15-25(2)16-22-31)24-33(38)36(23-27-17-19-30(42-4)20-18-27)26(3)34(39)35-29-12-7-6-8-13-29/h9-11,14-22,26,29H,5-8,12-13,23-24H2,1-4H3,(H,35,39)/t26-/m0/s1. The van der Waals surface area contributed by atoms with Crippen molar-refractivity contribution in [3.05, 3.63) is 89.5 Å². The molecular weight excluding hydrogens is 562 g/mol. The van der Waals surface area contributed by atoms with E-state index in [4.69, 9.17) is 4.74 Å². The summed E-state index contributed by atoms with van der Waals surface area (Å²) in [4.78, 5) is 29.3. The average molecular weight is 606 g/mol. The molecule has 0 unspecified atom stereocenters. The fraction of sp³-hybridized carbons (Fsp3) is 0.412. The van der Waals surface area contributed by atoms with E-state index in [1.165, 1.54) is 9.21 Å². The molecule has 230 valence electrons. The first-order chi connectivity index (χ1) is 20.6. The lowest BCUT2D eigenvalue weighted by Crippen LogP contribution is -2.53. The van der Waals surface area contributed by atoms with Crippen LogP contribution < -0.4 is 14.4 Å². The largest absolute Gasteiger partial charge is 0.497 e. The van der Waals surface area contributed by atoms with Gasteiger partial charge in [0.25, 0.3) is 10.0 Å². The van der Waals surface area contributed by atoms with Crippen LogP contribution >= 0.6 is 0 Å². The first-order valence-corrected chi connectivity index (χ1v) is 16.5. The molecule has 1 N–H and O–H groups in total. The van der Waals surface area contributed by atoms with Gasteiger partial charge in [0, 0.05) is 12.6 Å². The molecule has 1 fully saturated rings. The van der Waals surface area contributed by atoms with Gasteiger partial charge < -0.3 is 15.0 Å². The van der Waals surface area contributed by atoms with Gasteiger partial charge in [-0.15, -0.1) is 0 Å². The minimum Gasteiger partial charge on any atom is -0.497 e. The molecule has 1 aliphatic rings. The predicted octanol–water partition coefficient (Wildman–Crippen LogP) is 5.63. The van der Waals surface area contributed by atoms with E-state index in [0.29, 0.717) is 17.9 Å². The fourth-order valence-corrected chi connectivity index (χ4v) is 6.93. The van der Waals surface area contributed by atoms with E-state index in [0.717, 1.165) is 48.8 Å². The summed E-state index contributed by atoms with van der Waals surface area (Å²) in [6.07, 6.45) is 5.71. The second-order valence-electron chi connectivity index (χ2n) is 11.2. The maximum atomic E-state index is 14.2. The molecule has 3 aromatic rings. The number of para-hydroxylation sites is 1. The van der Waals surface area contributed by atoms with Crippen LogP contribution in [-0.2, 0) is 32.6 Å². The molecule has 3 aromatic carbocycles. The highest BCUT2D eigenvalue weighted by Gasteiger charge is 2.34. The van der Waals surface area contributed by atoms with Crippen LogP contribution in [0.25, 0.3) is 0 Å². The molecule has 9 heteroatoms. The molecule has 43 heavy (non-hydrogen) atoms. The van der Waals surface area contributed by atoms with Gasteiger partial charge in [-0.1, -0.05) is 74.2 Å². The van der Waals surface area contributed by atoms with Gasteiger partial charge >= 0.3 is 0 Å². The summed E-state index contributed by atoms with van der Waals surface area (Å²) in [6, 6.07) is 20.4. The van der Waals surface area contributed by atoms with Gasteiger partial charge in [-0.2, -0.15) is 0 Å². The molecule has 8 nitrogen and oxygen atoms in total. The Hall–Kier alpha value is -3.85. The van der Waals surface area contributed by atoms with Crippen molar-refractivity contribution in [1.82, 2.24) is 10.2 Å². The molecular formula is C34H43N3O5S. The summed E-state index contributed by atoms with van der Waals surface area (Å²) < 4.78 is 34.7. The van der Waals surface area contributed by atoms with Gasteiger partial charge in [0.15, 0.2) is 0 Å². The van der Waals surface area contributed by atoms with E-state index < -0.39 is 28.5 Å². The number of amides is 2. The summed E-state index contributed by atoms with van der Waals surface area (Å²) in [6.45, 7) is 5.23. The van der Waals surface area contributed by atoms with Crippen LogP contribution in [-0.4, -0.2) is 50.9 Å². The van der Waals surface area contributed by atoms with Gasteiger partial charge in [-0.05, 0) is 74.6 Å². The number of hydrogen-bond acceptors (Lipinski definition) is 5. The van der Waals surface area contributed by atoms with Crippen molar-refractivity contribution in [2.45, 2.75) is 82.8 Å². The lowest BCUT2D eigenvalue weighted by Gasteiger charge is -2.33. The smallest absolute Gasteiger partial charge is 0.264 e. The number of rotatable bonds is 12. The van der Waals surface area contributed by atoms with Crippen molar-refractivity contribution in [2.24, 2.45) is 0 Å². The number of benzene rings is 3. The fourth-order valence-electron chi connectivity index (χ4n) is 5.48. The molecule has 2 amide bonds. The minimum absolute atomic E-state index is 0.0801. The summed E-state index contributed by atoms with van der Waals surface area (Å²) in [5.74, 6) is -0.0318. The average Bonchev–Trinajstić information content (AvgIpc) is 3.03. The van der Waals surface area contributed by atoms with E-state index in [1.807, 2.05) is 38.1 Å². The van der Waals surface area contributed by atoms with E-state index in [9.17, 15) is 18.0 Å². The molecule has 0 radical (unpaired) electrons. The molecule has 0 bridgehead atoms. The van der Waals surface area contributed by atoms with Crippen LogP contribution in [0, 0.1) is 6.92 Å². The zero-order valence-electron chi connectivity index (χ0n) is 25.6. The highest BCUT2D eigenvalue weighted by Crippen LogP contribution is 2.28. The Labute approximate surface area is 256 Å². The van der Waals surface area contributed by atoms with Crippen LogP contribution in [0.15, 0.2) is 77.7 Å². The molecule has 1 atom stereocenters. The third kappa shape index (κ3) is 7.96. The highest BCUT2D eigenvalue weighted by molar-refractivity contribution is 7.92. The molecule has 0 aliphatic heterocycles. The number of anilines is 1. The summed E-state index contributed by atoms with van der Waals surface area (Å²) in [5, 5.41) is 3.14. The SMILES string of the molecule is CCc1ccccc1N(CC(=O)N(Cc1ccc(OC)cc1)[C@@H](C)C(=O)NC1CCCCC1)S(=O)(=O)c1ccc(C)cc1. The Morgan fingerprint density at radius 3 is 2.23 bits per heavy atom. The monoisotopic (exact) mass is 605 g/mol. The quantitative estimate of drug-likeness (QED) is 0.289. The number of methoxy groups -OCH3 is 1. The summed E-state index contributed by atoms with van der Waals surface area (Å²) in [5.41, 5.74) is 2.98.